The monoisotopic (exact) mass is 298 g/mol. The largest absolute Gasteiger partial charge is 0.334 e. The normalized spacial score (nSPS) is 24.7. The second-order valence-corrected chi connectivity index (χ2v) is 4.78. The van der Waals surface area contributed by atoms with Crippen molar-refractivity contribution in [1.29, 1.82) is 0 Å². The molecule has 7 heteroatoms. The summed E-state index contributed by atoms with van der Waals surface area (Å²) in [6.45, 7) is 5.66. The molecule has 18 heavy (non-hydrogen) atoms. The molecule has 2 amide bonds. The number of urea groups is 1. The predicted molar refractivity (Wildman–Crippen MR) is 78.0 cm³/mol. The van der Waals surface area contributed by atoms with Gasteiger partial charge in [0.2, 0.25) is 0 Å². The molecule has 2 aliphatic rings. The average molecular weight is 299 g/mol. The summed E-state index contributed by atoms with van der Waals surface area (Å²) in [6.07, 6.45) is 2.26. The van der Waals surface area contributed by atoms with Crippen molar-refractivity contribution in [3.05, 3.63) is 0 Å². The molecule has 1 atom stereocenters. The van der Waals surface area contributed by atoms with Crippen LogP contribution in [-0.4, -0.2) is 68.2 Å². The van der Waals surface area contributed by atoms with Crippen LogP contribution < -0.4 is 10.6 Å². The van der Waals surface area contributed by atoms with Gasteiger partial charge >= 0.3 is 6.03 Å². The summed E-state index contributed by atoms with van der Waals surface area (Å²) < 4.78 is 0. The number of hydrogen-bond donors (Lipinski definition) is 2. The van der Waals surface area contributed by atoms with Gasteiger partial charge in [-0.2, -0.15) is 0 Å². The maximum absolute atomic E-state index is 11.9. The number of nitrogens with one attached hydrogen (secondary N) is 2. The second-order valence-electron chi connectivity index (χ2n) is 4.78. The lowest BCUT2D eigenvalue weighted by Crippen LogP contribution is -2.54. The third kappa shape index (κ3) is 5.18. The molecular weight excluding hydrogens is 275 g/mol. The highest BCUT2D eigenvalue weighted by Gasteiger charge is 2.22. The molecule has 2 rings (SSSR count). The highest BCUT2D eigenvalue weighted by Crippen LogP contribution is 2.04. The number of amides is 2. The van der Waals surface area contributed by atoms with Crippen LogP contribution in [0.3, 0.4) is 0 Å². The summed E-state index contributed by atoms with van der Waals surface area (Å²) in [5.41, 5.74) is 0. The van der Waals surface area contributed by atoms with Crippen molar-refractivity contribution in [3.8, 4) is 0 Å². The fourth-order valence-corrected chi connectivity index (χ4v) is 2.25. The number of likely N-dealkylation sites (N-methyl/N-ethyl adjacent to an activating group) is 1. The maximum Gasteiger partial charge on any atom is 0.317 e. The molecule has 0 unspecified atom stereocenters. The van der Waals surface area contributed by atoms with E-state index in [0.29, 0.717) is 6.04 Å². The van der Waals surface area contributed by atoms with E-state index in [-0.39, 0.29) is 30.8 Å². The Morgan fingerprint density at radius 3 is 2.44 bits per heavy atom. The number of carbonyl (C=O) groups excluding carboxylic acids is 1. The molecule has 0 aliphatic carbocycles. The first-order chi connectivity index (χ1) is 7.75. The second kappa shape index (κ2) is 8.80. The summed E-state index contributed by atoms with van der Waals surface area (Å²) in [4.78, 5) is 16.1. The summed E-state index contributed by atoms with van der Waals surface area (Å²) in [5.74, 6) is 0. The van der Waals surface area contributed by atoms with Gasteiger partial charge in [-0.05, 0) is 26.4 Å². The molecule has 5 nitrogen and oxygen atoms in total. The van der Waals surface area contributed by atoms with Gasteiger partial charge in [0.25, 0.3) is 0 Å². The highest BCUT2D eigenvalue weighted by molar-refractivity contribution is 5.85. The van der Waals surface area contributed by atoms with Crippen molar-refractivity contribution < 1.29 is 4.79 Å². The Labute approximate surface area is 121 Å². The van der Waals surface area contributed by atoms with E-state index in [1.165, 1.54) is 0 Å². The average Bonchev–Trinajstić information content (AvgIpc) is 2.31. The first-order valence-electron chi connectivity index (χ1n) is 6.20. The SMILES string of the molecule is CN1CCN(C(=O)N[C@H]2CCCNC2)CC1.Cl.Cl. The summed E-state index contributed by atoms with van der Waals surface area (Å²) in [5, 5.41) is 6.42. The van der Waals surface area contributed by atoms with E-state index in [0.717, 1.165) is 52.1 Å². The first-order valence-corrected chi connectivity index (χ1v) is 6.20. The van der Waals surface area contributed by atoms with Gasteiger partial charge in [0.15, 0.2) is 0 Å². The number of piperidine rings is 1. The number of rotatable bonds is 1. The minimum absolute atomic E-state index is 0. The van der Waals surface area contributed by atoms with E-state index in [2.05, 4.69) is 22.6 Å². The third-order valence-corrected chi connectivity index (χ3v) is 3.41. The van der Waals surface area contributed by atoms with Crippen LogP contribution in [0.25, 0.3) is 0 Å². The molecule has 0 aromatic heterocycles. The molecule has 0 bridgehead atoms. The van der Waals surface area contributed by atoms with Crippen LogP contribution in [0.15, 0.2) is 0 Å². The van der Waals surface area contributed by atoms with Gasteiger partial charge < -0.3 is 20.4 Å². The zero-order valence-corrected chi connectivity index (χ0v) is 12.5. The number of hydrogen-bond acceptors (Lipinski definition) is 3. The van der Waals surface area contributed by atoms with Crippen LogP contribution >= 0.6 is 24.8 Å². The number of nitrogens with zero attached hydrogens (tertiary/aromatic N) is 2. The Kier molecular flexibility index (Phi) is 8.69. The number of piperazine rings is 1. The Bertz CT molecular complexity index is 241. The minimum Gasteiger partial charge on any atom is -0.334 e. The van der Waals surface area contributed by atoms with Crippen LogP contribution in [0, 0.1) is 0 Å². The van der Waals surface area contributed by atoms with Crippen molar-refractivity contribution in [1.82, 2.24) is 20.4 Å². The molecule has 0 spiro atoms. The molecule has 2 N–H and O–H groups in total. The van der Waals surface area contributed by atoms with Crippen LogP contribution in [-0.2, 0) is 0 Å². The van der Waals surface area contributed by atoms with E-state index >= 15 is 0 Å². The van der Waals surface area contributed by atoms with Crippen LogP contribution in [0.5, 0.6) is 0 Å². The van der Waals surface area contributed by atoms with Gasteiger partial charge in [0.05, 0.1) is 0 Å². The van der Waals surface area contributed by atoms with Gasteiger partial charge in [-0.25, -0.2) is 4.79 Å². The van der Waals surface area contributed by atoms with Crippen molar-refractivity contribution in [2.45, 2.75) is 18.9 Å². The lowest BCUT2D eigenvalue weighted by molar-refractivity contribution is 0.150. The molecule has 2 aliphatic heterocycles. The third-order valence-electron chi connectivity index (χ3n) is 3.41. The number of halogens is 2. The summed E-state index contributed by atoms with van der Waals surface area (Å²) >= 11 is 0. The fraction of sp³-hybridized carbons (Fsp3) is 0.909. The van der Waals surface area contributed by atoms with Crippen molar-refractivity contribution in [2.75, 3.05) is 46.3 Å². The van der Waals surface area contributed by atoms with E-state index < -0.39 is 0 Å². The van der Waals surface area contributed by atoms with E-state index in [1.807, 2.05) is 4.90 Å². The molecule has 0 saturated carbocycles. The molecule has 108 valence electrons. The first kappa shape index (κ1) is 17.8. The maximum atomic E-state index is 11.9. The smallest absolute Gasteiger partial charge is 0.317 e. The lowest BCUT2D eigenvalue weighted by atomic mass is 10.1. The van der Waals surface area contributed by atoms with Crippen LogP contribution in [0.4, 0.5) is 4.79 Å². The Hall–Kier alpha value is -0.230. The Balaban J connectivity index is 0.00000144. The molecule has 2 saturated heterocycles. The Morgan fingerprint density at radius 1 is 1.22 bits per heavy atom. The predicted octanol–water partition coefficient (Wildman–Crippen LogP) is 0.539. The topological polar surface area (TPSA) is 47.6 Å². The van der Waals surface area contributed by atoms with E-state index in [4.69, 9.17) is 0 Å². The highest BCUT2D eigenvalue weighted by atomic mass is 35.5. The zero-order chi connectivity index (χ0) is 11.4. The zero-order valence-electron chi connectivity index (χ0n) is 10.9. The van der Waals surface area contributed by atoms with Crippen molar-refractivity contribution >= 4 is 30.8 Å². The molecule has 0 aromatic carbocycles. The van der Waals surface area contributed by atoms with Crippen molar-refractivity contribution in [3.63, 3.8) is 0 Å². The van der Waals surface area contributed by atoms with E-state index in [9.17, 15) is 4.79 Å². The molecule has 0 aromatic rings. The van der Waals surface area contributed by atoms with Gasteiger partial charge in [0, 0.05) is 38.8 Å². The van der Waals surface area contributed by atoms with E-state index in [1.54, 1.807) is 0 Å². The van der Waals surface area contributed by atoms with Gasteiger partial charge in [-0.15, -0.1) is 24.8 Å². The van der Waals surface area contributed by atoms with Gasteiger partial charge in [0.1, 0.15) is 0 Å². The summed E-state index contributed by atoms with van der Waals surface area (Å²) in [6, 6.07) is 0.433. The summed E-state index contributed by atoms with van der Waals surface area (Å²) in [7, 11) is 2.10. The van der Waals surface area contributed by atoms with Gasteiger partial charge in [-0.1, -0.05) is 0 Å². The molecule has 2 heterocycles. The number of carbonyl (C=O) groups is 1. The van der Waals surface area contributed by atoms with Gasteiger partial charge in [-0.3, -0.25) is 0 Å². The van der Waals surface area contributed by atoms with Crippen LogP contribution in [0.1, 0.15) is 12.8 Å². The fourth-order valence-electron chi connectivity index (χ4n) is 2.25. The van der Waals surface area contributed by atoms with Crippen molar-refractivity contribution in [2.24, 2.45) is 0 Å². The minimum atomic E-state index is 0. The Morgan fingerprint density at radius 2 is 1.89 bits per heavy atom. The molecule has 2 fully saturated rings. The lowest BCUT2D eigenvalue weighted by Gasteiger charge is -2.34. The standard InChI is InChI=1S/C11H22N4O.2ClH/c1-14-5-7-15(8-6-14)11(16)13-10-3-2-4-12-9-10;;/h10,12H,2-9H2,1H3,(H,13,16);2*1H/t10-;;/m0../s1. The molecule has 0 radical (unpaired) electrons. The van der Waals surface area contributed by atoms with Crippen LogP contribution in [0.2, 0.25) is 0 Å². The molecular formula is C11H24Cl2N4O. The quantitative estimate of drug-likeness (QED) is 0.743.